The Morgan fingerprint density at radius 1 is 1.10 bits per heavy atom. The zero-order chi connectivity index (χ0) is 14.1. The van der Waals surface area contributed by atoms with Gasteiger partial charge in [-0.05, 0) is 24.3 Å². The minimum absolute atomic E-state index is 0. The van der Waals surface area contributed by atoms with Crippen molar-refractivity contribution in [1.82, 2.24) is 5.32 Å². The molecule has 3 N–H and O–H groups in total. The fourth-order valence-electron chi connectivity index (χ4n) is 1.42. The number of carbonyl (C=O) groups is 2. The van der Waals surface area contributed by atoms with Crippen molar-refractivity contribution in [3.63, 3.8) is 0 Å². The van der Waals surface area contributed by atoms with Crippen LogP contribution < -0.4 is 16.0 Å². The smallest absolute Gasteiger partial charge is 0.238 e. The third kappa shape index (κ3) is 7.73. The Morgan fingerprint density at radius 3 is 2.15 bits per heavy atom. The fraction of sp³-hybridized carbons (Fsp3) is 0.385. The molecule has 7 heteroatoms. The van der Waals surface area contributed by atoms with E-state index in [9.17, 15) is 9.59 Å². The van der Waals surface area contributed by atoms with Gasteiger partial charge in [-0.2, -0.15) is 0 Å². The molecule has 2 amide bonds. The summed E-state index contributed by atoms with van der Waals surface area (Å²) in [6.45, 7) is 2.88. The Labute approximate surface area is 124 Å². The quantitative estimate of drug-likeness (QED) is 0.662. The van der Waals surface area contributed by atoms with Crippen LogP contribution in [0.2, 0.25) is 0 Å². The van der Waals surface area contributed by atoms with E-state index in [1.54, 1.807) is 31.4 Å². The Kier molecular flexibility index (Phi) is 9.36. The molecule has 0 heterocycles. The van der Waals surface area contributed by atoms with Crippen molar-refractivity contribution < 1.29 is 14.3 Å². The summed E-state index contributed by atoms with van der Waals surface area (Å²) < 4.78 is 4.86. The molecule has 0 bridgehead atoms. The van der Waals surface area contributed by atoms with E-state index >= 15 is 0 Å². The van der Waals surface area contributed by atoms with Gasteiger partial charge in [0.2, 0.25) is 11.8 Å². The van der Waals surface area contributed by atoms with Crippen LogP contribution >= 0.6 is 12.4 Å². The van der Waals surface area contributed by atoms with Crippen molar-refractivity contribution in [3.05, 3.63) is 24.3 Å². The number of hydrogen-bond acceptors (Lipinski definition) is 4. The molecule has 20 heavy (non-hydrogen) atoms. The van der Waals surface area contributed by atoms with E-state index in [1.807, 2.05) is 0 Å². The summed E-state index contributed by atoms with van der Waals surface area (Å²) in [4.78, 5) is 22.4. The predicted molar refractivity (Wildman–Crippen MR) is 81.4 cm³/mol. The van der Waals surface area contributed by atoms with Crippen molar-refractivity contribution in [1.29, 1.82) is 0 Å². The van der Waals surface area contributed by atoms with Gasteiger partial charge in [0.25, 0.3) is 0 Å². The number of benzene rings is 1. The summed E-state index contributed by atoms with van der Waals surface area (Å²) in [7, 11) is 1.61. The van der Waals surface area contributed by atoms with Crippen LogP contribution in [0.3, 0.4) is 0 Å². The largest absolute Gasteiger partial charge is 0.383 e. The lowest BCUT2D eigenvalue weighted by Gasteiger charge is -2.07. The lowest BCUT2D eigenvalue weighted by Crippen LogP contribution is -2.30. The number of nitrogens with one attached hydrogen (secondary N) is 3. The summed E-state index contributed by atoms with van der Waals surface area (Å²) in [6.07, 6.45) is 0. The highest BCUT2D eigenvalue weighted by atomic mass is 35.5. The Balaban J connectivity index is 0.00000361. The lowest BCUT2D eigenvalue weighted by atomic mass is 10.2. The highest BCUT2D eigenvalue weighted by Gasteiger charge is 2.02. The van der Waals surface area contributed by atoms with Crippen LogP contribution in [-0.2, 0) is 14.3 Å². The van der Waals surface area contributed by atoms with Crippen molar-refractivity contribution in [3.8, 4) is 0 Å². The molecule has 1 aromatic rings. The average Bonchev–Trinajstić information content (AvgIpc) is 2.36. The summed E-state index contributed by atoms with van der Waals surface area (Å²) >= 11 is 0. The Hall–Kier alpha value is -1.63. The van der Waals surface area contributed by atoms with Gasteiger partial charge < -0.3 is 20.7 Å². The number of carbonyl (C=O) groups excluding carboxylic acids is 2. The molecule has 0 spiro atoms. The molecule has 112 valence electrons. The molecule has 0 fully saturated rings. The first-order valence-corrected chi connectivity index (χ1v) is 5.99. The summed E-state index contributed by atoms with van der Waals surface area (Å²) in [5.74, 6) is -0.248. The first-order valence-electron chi connectivity index (χ1n) is 5.99. The van der Waals surface area contributed by atoms with Gasteiger partial charge in [-0.25, -0.2) is 0 Å². The second-order valence-electron chi connectivity index (χ2n) is 3.98. The van der Waals surface area contributed by atoms with Gasteiger partial charge in [0.05, 0.1) is 13.2 Å². The van der Waals surface area contributed by atoms with Crippen LogP contribution in [0.1, 0.15) is 6.92 Å². The molecule has 0 saturated carbocycles. The average molecular weight is 302 g/mol. The number of methoxy groups -OCH3 is 1. The molecule has 0 aliphatic heterocycles. The first-order chi connectivity index (χ1) is 9.11. The van der Waals surface area contributed by atoms with Gasteiger partial charge >= 0.3 is 0 Å². The van der Waals surface area contributed by atoms with E-state index in [1.165, 1.54) is 6.92 Å². The van der Waals surface area contributed by atoms with E-state index in [4.69, 9.17) is 4.74 Å². The van der Waals surface area contributed by atoms with Gasteiger partial charge in [-0.3, -0.25) is 9.59 Å². The summed E-state index contributed by atoms with van der Waals surface area (Å²) in [5.41, 5.74) is 1.39. The molecule has 0 saturated heterocycles. The Morgan fingerprint density at radius 2 is 1.65 bits per heavy atom. The SMILES string of the molecule is COCCNCC(=O)Nc1ccc(NC(C)=O)cc1.Cl. The van der Waals surface area contributed by atoms with Crippen molar-refractivity contribution in [2.24, 2.45) is 0 Å². The molecule has 0 atom stereocenters. The molecular formula is C13H20ClN3O3. The summed E-state index contributed by atoms with van der Waals surface area (Å²) in [6, 6.07) is 6.93. The molecule has 0 aliphatic carbocycles. The first kappa shape index (κ1) is 18.4. The molecule has 0 aromatic heterocycles. The number of ether oxygens (including phenoxy) is 1. The standard InChI is InChI=1S/C13H19N3O3.ClH/c1-10(17)15-11-3-5-12(6-4-11)16-13(18)9-14-7-8-19-2;/h3-6,14H,7-9H2,1-2H3,(H,15,17)(H,16,18);1H. The van der Waals surface area contributed by atoms with Crippen LogP contribution in [0.5, 0.6) is 0 Å². The van der Waals surface area contributed by atoms with Crippen LogP contribution in [0.4, 0.5) is 11.4 Å². The normalized spacial score (nSPS) is 9.50. The maximum atomic E-state index is 11.6. The van der Waals surface area contributed by atoms with Gasteiger partial charge in [0.15, 0.2) is 0 Å². The fourth-order valence-corrected chi connectivity index (χ4v) is 1.42. The van der Waals surface area contributed by atoms with Crippen molar-refractivity contribution in [2.75, 3.05) is 37.4 Å². The maximum Gasteiger partial charge on any atom is 0.238 e. The number of anilines is 2. The maximum absolute atomic E-state index is 11.6. The zero-order valence-corrected chi connectivity index (χ0v) is 12.4. The lowest BCUT2D eigenvalue weighted by molar-refractivity contribution is -0.115. The number of amides is 2. The van der Waals surface area contributed by atoms with E-state index in [2.05, 4.69) is 16.0 Å². The second-order valence-corrected chi connectivity index (χ2v) is 3.98. The monoisotopic (exact) mass is 301 g/mol. The summed E-state index contributed by atoms with van der Waals surface area (Å²) in [5, 5.41) is 8.35. The van der Waals surface area contributed by atoms with Crippen molar-refractivity contribution in [2.45, 2.75) is 6.92 Å². The van der Waals surface area contributed by atoms with E-state index in [0.29, 0.717) is 24.5 Å². The topological polar surface area (TPSA) is 79.5 Å². The highest BCUT2D eigenvalue weighted by molar-refractivity contribution is 5.93. The van der Waals surface area contributed by atoms with Crippen LogP contribution in [-0.4, -0.2) is 38.6 Å². The molecule has 1 rings (SSSR count). The van der Waals surface area contributed by atoms with Crippen molar-refractivity contribution >= 4 is 35.6 Å². The number of rotatable bonds is 7. The molecule has 6 nitrogen and oxygen atoms in total. The van der Waals surface area contributed by atoms with E-state index in [0.717, 1.165) is 0 Å². The number of hydrogen-bond donors (Lipinski definition) is 3. The third-order valence-corrected chi connectivity index (χ3v) is 2.26. The van der Waals surface area contributed by atoms with Gasteiger partial charge in [-0.15, -0.1) is 12.4 Å². The zero-order valence-electron chi connectivity index (χ0n) is 11.6. The highest BCUT2D eigenvalue weighted by Crippen LogP contribution is 2.13. The number of halogens is 1. The molecule has 0 unspecified atom stereocenters. The molecular weight excluding hydrogens is 282 g/mol. The second kappa shape index (κ2) is 10.2. The molecule has 1 aromatic carbocycles. The van der Waals surface area contributed by atoms with Gasteiger partial charge in [0.1, 0.15) is 0 Å². The van der Waals surface area contributed by atoms with Gasteiger partial charge in [-0.1, -0.05) is 0 Å². The molecule has 0 radical (unpaired) electrons. The third-order valence-electron chi connectivity index (χ3n) is 2.26. The predicted octanol–water partition coefficient (Wildman–Crippen LogP) is 1.24. The minimum atomic E-state index is -0.126. The van der Waals surface area contributed by atoms with Crippen LogP contribution in [0.15, 0.2) is 24.3 Å². The minimum Gasteiger partial charge on any atom is -0.383 e. The van der Waals surface area contributed by atoms with E-state index in [-0.39, 0.29) is 30.8 Å². The van der Waals surface area contributed by atoms with Gasteiger partial charge in [0, 0.05) is 32.0 Å². The van der Waals surface area contributed by atoms with Crippen LogP contribution in [0.25, 0.3) is 0 Å². The Bertz CT molecular complexity index is 423. The van der Waals surface area contributed by atoms with Crippen LogP contribution in [0, 0.1) is 0 Å². The molecule has 0 aliphatic rings. The van der Waals surface area contributed by atoms with E-state index < -0.39 is 0 Å².